The largest absolute Gasteiger partial charge is 0.484 e. The van der Waals surface area contributed by atoms with E-state index in [9.17, 15) is 4.79 Å². The first-order valence-electron chi connectivity index (χ1n) is 7.96. The van der Waals surface area contributed by atoms with Crippen LogP contribution in [0.4, 0.5) is 0 Å². The molecule has 0 unspecified atom stereocenters. The number of hydrogen-bond acceptors (Lipinski definition) is 3. The van der Waals surface area contributed by atoms with E-state index in [0.717, 1.165) is 12.0 Å². The molecule has 1 N–H and O–H groups in total. The molecule has 0 bridgehead atoms. The number of hydrogen-bond donors (Lipinski definition) is 1. The third kappa shape index (κ3) is 6.42. The second-order valence-corrected chi connectivity index (χ2v) is 5.82. The number of halogens is 1. The summed E-state index contributed by atoms with van der Waals surface area (Å²) >= 11 is 5.80. The smallest absolute Gasteiger partial charge is 0.277 e. The predicted octanol–water partition coefficient (Wildman–Crippen LogP) is 4.21. The first-order chi connectivity index (χ1) is 11.7. The van der Waals surface area contributed by atoms with Gasteiger partial charge in [0.15, 0.2) is 6.61 Å². The van der Waals surface area contributed by atoms with E-state index in [1.54, 1.807) is 18.3 Å². The molecule has 0 heterocycles. The first-order valence-corrected chi connectivity index (χ1v) is 8.34. The lowest BCUT2D eigenvalue weighted by Gasteiger charge is -2.06. The summed E-state index contributed by atoms with van der Waals surface area (Å²) in [6, 6.07) is 15.0. The molecular weight excluding hydrogens is 324 g/mol. The zero-order chi connectivity index (χ0) is 17.2. The molecule has 0 aromatic heterocycles. The molecule has 0 spiro atoms. The summed E-state index contributed by atoms with van der Waals surface area (Å²) in [6.07, 6.45) is 4.97. The van der Waals surface area contributed by atoms with Crippen molar-refractivity contribution in [3.63, 3.8) is 0 Å². The maximum Gasteiger partial charge on any atom is 0.277 e. The summed E-state index contributed by atoms with van der Waals surface area (Å²) in [6.45, 7) is 2.10. The minimum absolute atomic E-state index is 0.0771. The highest BCUT2D eigenvalue weighted by molar-refractivity contribution is 6.30. The SMILES string of the molecule is CCCCc1ccc(OCC(=O)N/N=C\c2ccc(Cl)cc2)cc1. The Morgan fingerprint density at radius 1 is 1.17 bits per heavy atom. The van der Waals surface area contributed by atoms with Gasteiger partial charge in [0.2, 0.25) is 0 Å². The Hall–Kier alpha value is -2.33. The summed E-state index contributed by atoms with van der Waals surface area (Å²) in [5.41, 5.74) is 4.56. The number of amides is 1. The number of carbonyl (C=O) groups is 1. The van der Waals surface area contributed by atoms with Crippen molar-refractivity contribution in [2.24, 2.45) is 5.10 Å². The lowest BCUT2D eigenvalue weighted by molar-refractivity contribution is -0.123. The molecule has 0 radical (unpaired) electrons. The molecule has 1 amide bonds. The van der Waals surface area contributed by atoms with Crippen LogP contribution >= 0.6 is 11.6 Å². The van der Waals surface area contributed by atoms with Crippen LogP contribution in [0.1, 0.15) is 30.9 Å². The van der Waals surface area contributed by atoms with Crippen LogP contribution in [-0.2, 0) is 11.2 Å². The standard InChI is InChI=1S/C19H21ClN2O2/c1-2-3-4-15-7-11-18(12-8-15)24-14-19(23)22-21-13-16-5-9-17(20)10-6-16/h5-13H,2-4,14H2,1H3,(H,22,23)/b21-13-. The van der Waals surface area contributed by atoms with Crippen molar-refractivity contribution < 1.29 is 9.53 Å². The summed E-state index contributed by atoms with van der Waals surface area (Å²) in [7, 11) is 0. The summed E-state index contributed by atoms with van der Waals surface area (Å²) in [5, 5.41) is 4.54. The van der Waals surface area contributed by atoms with Crippen LogP contribution in [0.15, 0.2) is 53.6 Å². The fourth-order valence-electron chi connectivity index (χ4n) is 2.04. The van der Waals surface area contributed by atoms with Gasteiger partial charge in [-0.15, -0.1) is 0 Å². The molecule has 24 heavy (non-hydrogen) atoms. The van der Waals surface area contributed by atoms with E-state index in [0.29, 0.717) is 10.8 Å². The van der Waals surface area contributed by atoms with Crippen LogP contribution in [0.25, 0.3) is 0 Å². The Balaban J connectivity index is 1.73. The highest BCUT2D eigenvalue weighted by Gasteiger charge is 2.01. The van der Waals surface area contributed by atoms with Gasteiger partial charge < -0.3 is 4.74 Å². The van der Waals surface area contributed by atoms with Gasteiger partial charge in [-0.2, -0.15) is 5.10 Å². The molecule has 0 aliphatic rings. The van der Waals surface area contributed by atoms with Crippen molar-refractivity contribution in [3.8, 4) is 5.75 Å². The second-order valence-electron chi connectivity index (χ2n) is 5.38. The maximum atomic E-state index is 11.7. The van der Waals surface area contributed by atoms with E-state index in [-0.39, 0.29) is 12.5 Å². The van der Waals surface area contributed by atoms with E-state index in [4.69, 9.17) is 16.3 Å². The molecule has 0 saturated carbocycles. The van der Waals surface area contributed by atoms with Crippen molar-refractivity contribution in [1.29, 1.82) is 0 Å². The van der Waals surface area contributed by atoms with Gasteiger partial charge in [-0.25, -0.2) is 5.43 Å². The topological polar surface area (TPSA) is 50.7 Å². The van der Waals surface area contributed by atoms with Gasteiger partial charge in [-0.05, 0) is 48.2 Å². The number of nitrogens with one attached hydrogen (secondary N) is 1. The lowest BCUT2D eigenvalue weighted by Crippen LogP contribution is -2.24. The van der Waals surface area contributed by atoms with Crippen molar-refractivity contribution in [1.82, 2.24) is 5.43 Å². The molecule has 2 rings (SSSR count). The fraction of sp³-hybridized carbons (Fsp3) is 0.263. The zero-order valence-corrected chi connectivity index (χ0v) is 14.4. The molecule has 0 saturated heterocycles. The fourth-order valence-corrected chi connectivity index (χ4v) is 2.17. The Labute approximate surface area is 147 Å². The third-order valence-corrected chi connectivity index (χ3v) is 3.64. The molecule has 0 fully saturated rings. The van der Waals surface area contributed by atoms with Crippen LogP contribution in [0.5, 0.6) is 5.75 Å². The Morgan fingerprint density at radius 3 is 2.54 bits per heavy atom. The van der Waals surface area contributed by atoms with Gasteiger partial charge in [0.25, 0.3) is 5.91 Å². The van der Waals surface area contributed by atoms with Gasteiger partial charge in [-0.1, -0.05) is 49.2 Å². The predicted molar refractivity (Wildman–Crippen MR) is 97.7 cm³/mol. The molecule has 2 aromatic carbocycles. The molecule has 0 aliphatic carbocycles. The van der Waals surface area contributed by atoms with Crippen molar-refractivity contribution in [3.05, 3.63) is 64.7 Å². The molecule has 4 nitrogen and oxygen atoms in total. The molecule has 0 aliphatic heterocycles. The average Bonchev–Trinajstić information content (AvgIpc) is 2.61. The molecule has 0 atom stereocenters. The van der Waals surface area contributed by atoms with E-state index in [2.05, 4.69) is 17.5 Å². The van der Waals surface area contributed by atoms with Crippen molar-refractivity contribution >= 4 is 23.7 Å². The monoisotopic (exact) mass is 344 g/mol. The third-order valence-electron chi connectivity index (χ3n) is 3.39. The quantitative estimate of drug-likeness (QED) is 0.576. The summed E-state index contributed by atoms with van der Waals surface area (Å²) in [4.78, 5) is 11.7. The van der Waals surface area contributed by atoms with Gasteiger partial charge in [0, 0.05) is 5.02 Å². The van der Waals surface area contributed by atoms with Crippen LogP contribution in [0.3, 0.4) is 0 Å². The molecular formula is C19H21ClN2O2. The number of benzene rings is 2. The molecule has 5 heteroatoms. The Bertz CT molecular complexity index is 667. The molecule has 2 aromatic rings. The number of hydrazone groups is 1. The lowest BCUT2D eigenvalue weighted by atomic mass is 10.1. The molecule has 126 valence electrons. The van der Waals surface area contributed by atoms with E-state index in [1.807, 2.05) is 36.4 Å². The summed E-state index contributed by atoms with van der Waals surface area (Å²) < 4.78 is 5.44. The van der Waals surface area contributed by atoms with E-state index < -0.39 is 0 Å². The minimum atomic E-state index is -0.310. The van der Waals surface area contributed by atoms with Gasteiger partial charge in [-0.3, -0.25) is 4.79 Å². The minimum Gasteiger partial charge on any atom is -0.484 e. The number of aryl methyl sites for hydroxylation is 1. The number of carbonyl (C=O) groups excluding carboxylic acids is 1. The van der Waals surface area contributed by atoms with Crippen molar-refractivity contribution in [2.45, 2.75) is 26.2 Å². The van der Waals surface area contributed by atoms with E-state index in [1.165, 1.54) is 18.4 Å². The first kappa shape index (κ1) is 18.0. The van der Waals surface area contributed by atoms with Crippen LogP contribution in [0, 0.1) is 0 Å². The van der Waals surface area contributed by atoms with E-state index >= 15 is 0 Å². The Morgan fingerprint density at radius 2 is 1.88 bits per heavy atom. The van der Waals surface area contributed by atoms with Gasteiger partial charge in [0.05, 0.1) is 6.21 Å². The summed E-state index contributed by atoms with van der Waals surface area (Å²) in [5.74, 6) is 0.363. The van der Waals surface area contributed by atoms with Gasteiger partial charge in [0.1, 0.15) is 5.75 Å². The number of unbranched alkanes of at least 4 members (excludes halogenated alkanes) is 1. The highest BCUT2D eigenvalue weighted by atomic mass is 35.5. The number of rotatable bonds is 8. The number of nitrogens with zero attached hydrogens (tertiary/aromatic N) is 1. The second kappa shape index (κ2) is 9.73. The van der Waals surface area contributed by atoms with Crippen LogP contribution in [-0.4, -0.2) is 18.7 Å². The normalized spacial score (nSPS) is 10.8. The average molecular weight is 345 g/mol. The highest BCUT2D eigenvalue weighted by Crippen LogP contribution is 2.13. The van der Waals surface area contributed by atoms with Crippen LogP contribution < -0.4 is 10.2 Å². The van der Waals surface area contributed by atoms with Crippen LogP contribution in [0.2, 0.25) is 5.02 Å². The van der Waals surface area contributed by atoms with Crippen molar-refractivity contribution in [2.75, 3.05) is 6.61 Å². The zero-order valence-electron chi connectivity index (χ0n) is 13.7. The maximum absolute atomic E-state index is 11.7. The van der Waals surface area contributed by atoms with Gasteiger partial charge >= 0.3 is 0 Å². The number of ether oxygens (including phenoxy) is 1. The Kier molecular flexibility index (Phi) is 7.30.